The highest BCUT2D eigenvalue weighted by Gasteiger charge is 2.06. The number of halogens is 1. The molecule has 1 aromatic carbocycles. The normalized spacial score (nSPS) is 12.8. The van der Waals surface area contributed by atoms with Gasteiger partial charge in [0, 0.05) is 28.5 Å². The summed E-state index contributed by atoms with van der Waals surface area (Å²) in [6.07, 6.45) is 0.987. The van der Waals surface area contributed by atoms with Crippen molar-refractivity contribution >= 4 is 23.0 Å². The van der Waals surface area contributed by atoms with Crippen LogP contribution < -0.4 is 4.72 Å². The van der Waals surface area contributed by atoms with Gasteiger partial charge in [-0.25, -0.2) is 0 Å². The van der Waals surface area contributed by atoms with E-state index in [0.717, 1.165) is 18.5 Å². The van der Waals surface area contributed by atoms with E-state index < -0.39 is 11.4 Å². The fourth-order valence-corrected chi connectivity index (χ4v) is 2.27. The van der Waals surface area contributed by atoms with E-state index in [0.29, 0.717) is 10.8 Å². The van der Waals surface area contributed by atoms with Crippen molar-refractivity contribution in [1.82, 2.24) is 4.72 Å². The Morgan fingerprint density at radius 1 is 1.50 bits per heavy atom. The van der Waals surface area contributed by atoms with Gasteiger partial charge < -0.3 is 4.55 Å². The fraction of sp³-hybridized carbons (Fsp3) is 0.400. The smallest absolute Gasteiger partial charge is 0.150 e. The summed E-state index contributed by atoms with van der Waals surface area (Å²) in [6, 6.07) is 7.45. The minimum Gasteiger partial charge on any atom is -0.598 e. The van der Waals surface area contributed by atoms with Crippen molar-refractivity contribution in [1.29, 1.82) is 0 Å². The van der Waals surface area contributed by atoms with E-state index in [1.165, 1.54) is 0 Å². The number of nitrogens with one attached hydrogen (secondary N) is 1. The van der Waals surface area contributed by atoms with Crippen LogP contribution in [0.15, 0.2) is 24.3 Å². The lowest BCUT2D eigenvalue weighted by Crippen LogP contribution is -2.25. The Bertz CT molecular complexity index is 283. The zero-order valence-electron chi connectivity index (χ0n) is 8.13. The van der Waals surface area contributed by atoms with Crippen molar-refractivity contribution in [2.24, 2.45) is 0 Å². The Hall–Kier alpha value is -0.220. The lowest BCUT2D eigenvalue weighted by molar-refractivity contribution is 0.579. The zero-order chi connectivity index (χ0) is 10.4. The van der Waals surface area contributed by atoms with Crippen LogP contribution in [0.2, 0.25) is 5.02 Å². The summed E-state index contributed by atoms with van der Waals surface area (Å²) < 4.78 is 14.4. The first kappa shape index (κ1) is 11.9. The van der Waals surface area contributed by atoms with Crippen LogP contribution in [0.5, 0.6) is 0 Å². The van der Waals surface area contributed by atoms with E-state index >= 15 is 0 Å². The van der Waals surface area contributed by atoms with Gasteiger partial charge in [0.2, 0.25) is 0 Å². The van der Waals surface area contributed by atoms with Crippen molar-refractivity contribution in [3.63, 3.8) is 0 Å². The summed E-state index contributed by atoms with van der Waals surface area (Å²) in [5.74, 6) is 0.514. The third-order valence-electron chi connectivity index (χ3n) is 1.70. The van der Waals surface area contributed by atoms with Gasteiger partial charge in [-0.1, -0.05) is 30.7 Å². The quantitative estimate of drug-likeness (QED) is 0.791. The lowest BCUT2D eigenvalue weighted by atomic mass is 10.2. The van der Waals surface area contributed by atoms with Crippen molar-refractivity contribution in [2.45, 2.75) is 19.1 Å². The average molecular weight is 232 g/mol. The molecule has 0 saturated heterocycles. The number of rotatable bonds is 5. The van der Waals surface area contributed by atoms with Gasteiger partial charge in [-0.05, 0) is 18.6 Å². The van der Waals surface area contributed by atoms with Crippen LogP contribution in [0, 0.1) is 0 Å². The molecule has 2 nitrogen and oxygen atoms in total. The summed E-state index contributed by atoms with van der Waals surface area (Å²) in [5, 5.41) is 0.690. The maximum Gasteiger partial charge on any atom is 0.150 e. The molecule has 1 aromatic rings. The molecule has 0 aliphatic heterocycles. The van der Waals surface area contributed by atoms with E-state index in [1.807, 2.05) is 31.2 Å². The third-order valence-corrected chi connectivity index (χ3v) is 3.06. The van der Waals surface area contributed by atoms with Gasteiger partial charge in [0.05, 0.1) is 0 Å². The SMILES string of the molecule is CCCN[S+]([O-])Cc1cccc(Cl)c1. The van der Waals surface area contributed by atoms with E-state index in [1.54, 1.807) is 0 Å². The highest BCUT2D eigenvalue weighted by Crippen LogP contribution is 2.12. The highest BCUT2D eigenvalue weighted by atomic mass is 35.5. The molecule has 1 rings (SSSR count). The van der Waals surface area contributed by atoms with Crippen molar-refractivity contribution in [3.8, 4) is 0 Å². The Kier molecular flexibility index (Phi) is 5.33. The fourth-order valence-electron chi connectivity index (χ4n) is 1.05. The Labute approximate surface area is 93.0 Å². The van der Waals surface area contributed by atoms with Crippen molar-refractivity contribution in [3.05, 3.63) is 34.9 Å². The van der Waals surface area contributed by atoms with E-state index in [9.17, 15) is 4.55 Å². The molecule has 0 aliphatic rings. The first-order chi connectivity index (χ1) is 6.72. The maximum atomic E-state index is 11.4. The second-order valence-corrected chi connectivity index (χ2v) is 4.72. The molecule has 0 radical (unpaired) electrons. The molecule has 14 heavy (non-hydrogen) atoms. The van der Waals surface area contributed by atoms with Crippen LogP contribution in [-0.2, 0) is 17.1 Å². The van der Waals surface area contributed by atoms with Crippen LogP contribution >= 0.6 is 11.6 Å². The third kappa shape index (κ3) is 4.33. The first-order valence-corrected chi connectivity index (χ1v) is 6.28. The van der Waals surface area contributed by atoms with Gasteiger partial charge in [0.25, 0.3) is 0 Å². The molecule has 0 saturated carbocycles. The molecule has 0 aromatic heterocycles. The molecule has 0 amide bonds. The lowest BCUT2D eigenvalue weighted by Gasteiger charge is -2.10. The molecule has 1 N–H and O–H groups in total. The van der Waals surface area contributed by atoms with Gasteiger partial charge in [-0.15, -0.1) is 4.72 Å². The molecule has 1 atom stereocenters. The van der Waals surface area contributed by atoms with Crippen LogP contribution in [0.3, 0.4) is 0 Å². The predicted molar refractivity (Wildman–Crippen MR) is 61.6 cm³/mol. The zero-order valence-corrected chi connectivity index (χ0v) is 9.70. The molecule has 4 heteroatoms. The van der Waals surface area contributed by atoms with Gasteiger partial charge >= 0.3 is 0 Å². The van der Waals surface area contributed by atoms with Crippen LogP contribution in [0.4, 0.5) is 0 Å². The Morgan fingerprint density at radius 3 is 2.93 bits per heavy atom. The van der Waals surface area contributed by atoms with Gasteiger partial charge in [0.1, 0.15) is 0 Å². The predicted octanol–water partition coefficient (Wildman–Crippen LogP) is 2.50. The second kappa shape index (κ2) is 6.30. The summed E-state index contributed by atoms with van der Waals surface area (Å²) in [7, 11) is 0. The molecule has 78 valence electrons. The van der Waals surface area contributed by atoms with Crippen LogP contribution in [0.1, 0.15) is 18.9 Å². The van der Waals surface area contributed by atoms with Gasteiger partial charge in [-0.3, -0.25) is 0 Å². The summed E-state index contributed by atoms with van der Waals surface area (Å²) in [5.41, 5.74) is 0.999. The topological polar surface area (TPSA) is 35.1 Å². The monoisotopic (exact) mass is 231 g/mol. The first-order valence-electron chi connectivity index (χ1n) is 4.58. The Balaban J connectivity index is 2.43. The van der Waals surface area contributed by atoms with Crippen molar-refractivity contribution < 1.29 is 4.55 Å². The summed E-state index contributed by atoms with van der Waals surface area (Å²) in [4.78, 5) is 0. The van der Waals surface area contributed by atoms with Crippen molar-refractivity contribution in [2.75, 3.05) is 6.54 Å². The van der Waals surface area contributed by atoms with Crippen LogP contribution in [-0.4, -0.2) is 11.1 Å². The molecule has 0 bridgehead atoms. The number of benzene rings is 1. The maximum absolute atomic E-state index is 11.4. The minimum absolute atomic E-state index is 0.514. The Morgan fingerprint density at radius 2 is 2.29 bits per heavy atom. The molecular formula is C10H14ClNOS. The number of hydrogen-bond acceptors (Lipinski definition) is 2. The molecule has 1 unspecified atom stereocenters. The van der Waals surface area contributed by atoms with Gasteiger partial charge in [0.15, 0.2) is 5.75 Å². The van der Waals surface area contributed by atoms with Gasteiger partial charge in [-0.2, -0.15) is 0 Å². The molecule has 0 fully saturated rings. The standard InChI is InChI=1S/C10H14ClNOS/c1-2-6-12-14(13)8-9-4-3-5-10(11)7-9/h3-5,7,12H,2,6,8H2,1H3. The number of hydrogen-bond donors (Lipinski definition) is 1. The van der Waals surface area contributed by atoms with E-state index in [2.05, 4.69) is 4.72 Å². The minimum atomic E-state index is -0.988. The molecule has 0 heterocycles. The van der Waals surface area contributed by atoms with E-state index in [-0.39, 0.29) is 0 Å². The largest absolute Gasteiger partial charge is 0.598 e. The molecule has 0 aliphatic carbocycles. The summed E-state index contributed by atoms with van der Waals surface area (Å²) >= 11 is 4.83. The highest BCUT2D eigenvalue weighted by molar-refractivity contribution is 7.88. The van der Waals surface area contributed by atoms with Crippen LogP contribution in [0.25, 0.3) is 0 Å². The average Bonchev–Trinajstić information content (AvgIpc) is 2.15. The molecular weight excluding hydrogens is 218 g/mol. The second-order valence-electron chi connectivity index (χ2n) is 3.01. The summed E-state index contributed by atoms with van der Waals surface area (Å²) in [6.45, 7) is 2.83. The van der Waals surface area contributed by atoms with E-state index in [4.69, 9.17) is 11.6 Å². The molecule has 0 spiro atoms.